The second-order valence-electron chi connectivity index (χ2n) is 5.45. The van der Waals surface area contributed by atoms with Gasteiger partial charge in [0.25, 0.3) is 0 Å². The second kappa shape index (κ2) is 3.86. The Hall–Kier alpha value is -1.32. The molecule has 0 aliphatic heterocycles. The smallest absolute Gasteiger partial charge is 0.307 e. The molecule has 3 aliphatic rings. The molecule has 1 saturated carbocycles. The van der Waals surface area contributed by atoms with Crippen molar-refractivity contribution < 1.29 is 19.1 Å². The van der Waals surface area contributed by atoms with Crippen LogP contribution >= 0.6 is 0 Å². The summed E-state index contributed by atoms with van der Waals surface area (Å²) in [6, 6.07) is 0. The highest BCUT2D eigenvalue weighted by atomic mass is 16.6. The van der Waals surface area contributed by atoms with Crippen molar-refractivity contribution in [1.82, 2.24) is 0 Å². The van der Waals surface area contributed by atoms with Gasteiger partial charge >= 0.3 is 11.9 Å². The summed E-state index contributed by atoms with van der Waals surface area (Å²) in [6.07, 6.45) is 2.44. The minimum absolute atomic E-state index is 0.0274. The topological polar surface area (TPSA) is 52.6 Å². The summed E-state index contributed by atoms with van der Waals surface area (Å²) in [5.41, 5.74) is 0.0274. The summed E-state index contributed by atoms with van der Waals surface area (Å²) >= 11 is 0. The molecule has 0 heterocycles. The molecule has 1 unspecified atom stereocenters. The van der Waals surface area contributed by atoms with Crippen LogP contribution in [0.2, 0.25) is 0 Å². The Bertz CT molecular complexity index is 394. The van der Waals surface area contributed by atoms with E-state index in [4.69, 9.17) is 9.47 Å². The van der Waals surface area contributed by atoms with Gasteiger partial charge in [-0.15, -0.1) is 0 Å². The fourth-order valence-corrected chi connectivity index (χ4v) is 2.97. The predicted octanol–water partition coefficient (Wildman–Crippen LogP) is 2.04. The van der Waals surface area contributed by atoms with E-state index in [1.165, 1.54) is 13.8 Å². The van der Waals surface area contributed by atoms with Crippen LogP contribution in [0.25, 0.3) is 0 Å². The van der Waals surface area contributed by atoms with E-state index in [0.29, 0.717) is 11.7 Å². The van der Waals surface area contributed by atoms with Crippen molar-refractivity contribution in [1.29, 1.82) is 0 Å². The molecule has 0 saturated heterocycles. The summed E-state index contributed by atoms with van der Waals surface area (Å²) in [4.78, 5) is 22.1. The van der Waals surface area contributed by atoms with Crippen LogP contribution in [0, 0.1) is 17.3 Å². The number of hydrogen-bond acceptors (Lipinski definition) is 4. The number of fused-ring (bicyclic) bond motifs is 1. The largest absolute Gasteiger partial charge is 0.458 e. The van der Waals surface area contributed by atoms with Crippen LogP contribution in [0.1, 0.15) is 34.1 Å². The lowest BCUT2D eigenvalue weighted by atomic mass is 9.49. The lowest BCUT2D eigenvalue weighted by Crippen LogP contribution is -2.55. The summed E-state index contributed by atoms with van der Waals surface area (Å²) < 4.78 is 10.5. The fourth-order valence-electron chi connectivity index (χ4n) is 2.97. The number of esters is 2. The zero-order valence-corrected chi connectivity index (χ0v) is 10.6. The third-order valence-electron chi connectivity index (χ3n) is 3.98. The van der Waals surface area contributed by atoms with E-state index in [0.717, 1.165) is 6.42 Å². The maximum atomic E-state index is 11.1. The first-order valence-corrected chi connectivity index (χ1v) is 5.89. The monoisotopic (exact) mass is 238 g/mol. The quantitative estimate of drug-likeness (QED) is 0.691. The van der Waals surface area contributed by atoms with E-state index < -0.39 is 0 Å². The standard InChI is InChI=1S/C13H18O4/c1-7(14)16-11-6-12(17-8(2)15)10-5-9(11)13(10,3)4/h6,9-11H,5H2,1-4H3/t9-,10+,11?/m1/s1. The molecule has 0 N–H and O–H groups in total. The normalized spacial score (nSPS) is 33.2. The highest BCUT2D eigenvalue weighted by Crippen LogP contribution is 2.60. The SMILES string of the molecule is CC(=O)OC1=CC(OC(C)=O)[C@H]2C[C@@H]1C2(C)C. The van der Waals surface area contributed by atoms with E-state index in [9.17, 15) is 9.59 Å². The van der Waals surface area contributed by atoms with Crippen LogP contribution < -0.4 is 0 Å². The van der Waals surface area contributed by atoms with Crippen molar-refractivity contribution in [3.8, 4) is 0 Å². The molecule has 2 bridgehead atoms. The van der Waals surface area contributed by atoms with Crippen molar-refractivity contribution in [2.75, 3.05) is 0 Å². The van der Waals surface area contributed by atoms with Gasteiger partial charge in [0.15, 0.2) is 0 Å². The lowest BCUT2D eigenvalue weighted by molar-refractivity contribution is -0.164. The van der Waals surface area contributed by atoms with Gasteiger partial charge in [0.05, 0.1) is 0 Å². The number of rotatable bonds is 2. The molecule has 4 nitrogen and oxygen atoms in total. The van der Waals surface area contributed by atoms with Gasteiger partial charge in [-0.25, -0.2) is 0 Å². The zero-order chi connectivity index (χ0) is 12.8. The molecular formula is C13H18O4. The van der Waals surface area contributed by atoms with Crippen LogP contribution in [-0.2, 0) is 19.1 Å². The Morgan fingerprint density at radius 1 is 1.29 bits per heavy atom. The number of carbonyl (C=O) groups is 2. The second-order valence-corrected chi connectivity index (χ2v) is 5.45. The Kier molecular flexibility index (Phi) is 2.76. The third-order valence-corrected chi connectivity index (χ3v) is 3.98. The van der Waals surface area contributed by atoms with Crippen LogP contribution in [0.3, 0.4) is 0 Å². The Labute approximate surface area is 101 Å². The van der Waals surface area contributed by atoms with E-state index >= 15 is 0 Å². The summed E-state index contributed by atoms with van der Waals surface area (Å²) in [7, 11) is 0. The third kappa shape index (κ3) is 1.96. The maximum Gasteiger partial charge on any atom is 0.307 e. The van der Waals surface area contributed by atoms with Gasteiger partial charge in [-0.05, 0) is 17.9 Å². The molecule has 94 valence electrons. The van der Waals surface area contributed by atoms with Gasteiger partial charge in [-0.2, -0.15) is 0 Å². The zero-order valence-electron chi connectivity index (χ0n) is 10.6. The van der Waals surface area contributed by atoms with Gasteiger partial charge in [0, 0.05) is 25.7 Å². The van der Waals surface area contributed by atoms with Gasteiger partial charge in [-0.3, -0.25) is 9.59 Å². The van der Waals surface area contributed by atoms with Crippen LogP contribution in [0.4, 0.5) is 0 Å². The Morgan fingerprint density at radius 2 is 1.94 bits per heavy atom. The molecule has 1 fully saturated rings. The lowest BCUT2D eigenvalue weighted by Gasteiger charge is -2.57. The minimum Gasteiger partial charge on any atom is -0.458 e. The molecule has 17 heavy (non-hydrogen) atoms. The Morgan fingerprint density at radius 3 is 2.41 bits per heavy atom. The van der Waals surface area contributed by atoms with Crippen molar-refractivity contribution in [2.45, 2.75) is 40.2 Å². The van der Waals surface area contributed by atoms with Crippen molar-refractivity contribution in [3.63, 3.8) is 0 Å². The fraction of sp³-hybridized carbons (Fsp3) is 0.692. The minimum atomic E-state index is -0.320. The first-order chi connectivity index (χ1) is 7.82. The van der Waals surface area contributed by atoms with Crippen molar-refractivity contribution >= 4 is 11.9 Å². The first kappa shape index (κ1) is 12.1. The van der Waals surface area contributed by atoms with Crippen molar-refractivity contribution in [2.24, 2.45) is 17.3 Å². The van der Waals surface area contributed by atoms with E-state index in [1.54, 1.807) is 6.08 Å². The van der Waals surface area contributed by atoms with E-state index in [1.807, 2.05) is 0 Å². The molecule has 0 aromatic heterocycles. The van der Waals surface area contributed by atoms with Gasteiger partial charge in [0.2, 0.25) is 0 Å². The molecule has 0 aromatic rings. The summed E-state index contributed by atoms with van der Waals surface area (Å²) in [5.74, 6) is 0.642. The maximum absolute atomic E-state index is 11.1. The van der Waals surface area contributed by atoms with Crippen LogP contribution in [0.15, 0.2) is 11.8 Å². The Balaban J connectivity index is 2.23. The number of hydrogen-bond donors (Lipinski definition) is 0. The van der Waals surface area contributed by atoms with Crippen molar-refractivity contribution in [3.05, 3.63) is 11.8 Å². The molecule has 0 aromatic carbocycles. The highest BCUT2D eigenvalue weighted by Gasteiger charge is 2.57. The predicted molar refractivity (Wildman–Crippen MR) is 60.8 cm³/mol. The molecule has 3 atom stereocenters. The van der Waals surface area contributed by atoms with Crippen LogP contribution in [-0.4, -0.2) is 18.0 Å². The molecule has 0 spiro atoms. The molecular weight excluding hydrogens is 220 g/mol. The van der Waals surface area contributed by atoms with Gasteiger partial charge in [-0.1, -0.05) is 13.8 Å². The number of allylic oxidation sites excluding steroid dienone is 1. The van der Waals surface area contributed by atoms with Gasteiger partial charge in [0.1, 0.15) is 11.9 Å². The molecule has 0 radical (unpaired) electrons. The van der Waals surface area contributed by atoms with E-state index in [-0.39, 0.29) is 29.4 Å². The highest BCUT2D eigenvalue weighted by molar-refractivity contribution is 5.68. The average molecular weight is 238 g/mol. The molecule has 4 heteroatoms. The molecule has 3 aliphatic carbocycles. The first-order valence-electron chi connectivity index (χ1n) is 5.89. The van der Waals surface area contributed by atoms with E-state index in [2.05, 4.69) is 13.8 Å². The molecule has 3 rings (SSSR count). The molecule has 0 amide bonds. The van der Waals surface area contributed by atoms with Crippen LogP contribution in [0.5, 0.6) is 0 Å². The summed E-state index contributed by atoms with van der Waals surface area (Å²) in [6.45, 7) is 7.04. The average Bonchev–Trinajstić information content (AvgIpc) is 2.13. The number of ether oxygens (including phenoxy) is 2. The number of carbonyl (C=O) groups excluding carboxylic acids is 2. The summed E-state index contributed by atoms with van der Waals surface area (Å²) in [5, 5.41) is 0. The van der Waals surface area contributed by atoms with Gasteiger partial charge < -0.3 is 9.47 Å².